The molecule has 0 saturated heterocycles. The number of rotatable bonds is 3. The molecule has 2 rings (SSSR count). The molecular weight excluding hydrogens is 258 g/mol. The molecule has 2 aromatic rings. The van der Waals surface area contributed by atoms with Crippen LogP contribution < -0.4 is 0 Å². The van der Waals surface area contributed by atoms with Gasteiger partial charge in [0.1, 0.15) is 11.6 Å². The van der Waals surface area contributed by atoms with Crippen molar-refractivity contribution in [2.24, 2.45) is 0 Å². The van der Waals surface area contributed by atoms with E-state index in [-0.39, 0.29) is 22.6 Å². The van der Waals surface area contributed by atoms with E-state index < -0.39 is 17.4 Å². The summed E-state index contributed by atoms with van der Waals surface area (Å²) in [6.07, 6.45) is -0.191. The average molecular weight is 267 g/mol. The van der Waals surface area contributed by atoms with Gasteiger partial charge in [0, 0.05) is 11.4 Å². The van der Waals surface area contributed by atoms with Crippen molar-refractivity contribution in [2.75, 3.05) is 0 Å². The van der Waals surface area contributed by atoms with Crippen molar-refractivity contribution in [3.05, 3.63) is 70.2 Å². The Bertz CT molecular complexity index is 596. The zero-order valence-corrected chi connectivity index (χ0v) is 10.0. The number of halogens is 3. The minimum absolute atomic E-state index is 0.0353. The molecule has 0 atom stereocenters. The first-order chi connectivity index (χ1) is 8.58. The quantitative estimate of drug-likeness (QED) is 0.766. The number of hydrogen-bond acceptors (Lipinski definition) is 1. The van der Waals surface area contributed by atoms with E-state index in [1.165, 1.54) is 30.3 Å². The van der Waals surface area contributed by atoms with Crippen molar-refractivity contribution < 1.29 is 13.6 Å². The number of hydrogen-bond donors (Lipinski definition) is 0. The molecule has 0 amide bonds. The molecule has 0 aliphatic carbocycles. The van der Waals surface area contributed by atoms with Crippen molar-refractivity contribution in [2.45, 2.75) is 6.42 Å². The van der Waals surface area contributed by atoms with Crippen LogP contribution in [-0.2, 0) is 6.42 Å². The number of ketones is 1. The van der Waals surface area contributed by atoms with E-state index in [9.17, 15) is 13.6 Å². The lowest BCUT2D eigenvalue weighted by atomic mass is 10.0. The second kappa shape index (κ2) is 5.27. The highest BCUT2D eigenvalue weighted by Gasteiger charge is 2.14. The molecule has 92 valence electrons. The molecule has 1 nitrogen and oxygen atoms in total. The Kier molecular flexibility index (Phi) is 3.72. The molecule has 0 saturated carbocycles. The molecule has 0 aliphatic rings. The largest absolute Gasteiger partial charge is 0.294 e. The van der Waals surface area contributed by atoms with E-state index in [1.807, 2.05) is 0 Å². The van der Waals surface area contributed by atoms with E-state index in [0.29, 0.717) is 0 Å². The number of Topliss-reactive ketones (excluding diaryl/α,β-unsaturated/α-hetero) is 1. The first kappa shape index (κ1) is 12.7. The summed E-state index contributed by atoms with van der Waals surface area (Å²) in [7, 11) is 0. The molecule has 0 radical (unpaired) electrons. The van der Waals surface area contributed by atoms with Crippen LogP contribution in [0.4, 0.5) is 8.78 Å². The molecule has 0 aromatic heterocycles. The lowest BCUT2D eigenvalue weighted by Crippen LogP contribution is -2.07. The molecule has 18 heavy (non-hydrogen) atoms. The molecule has 0 unspecified atom stereocenters. The van der Waals surface area contributed by atoms with Crippen LogP contribution in [0.25, 0.3) is 0 Å². The molecule has 0 bridgehead atoms. The highest BCUT2D eigenvalue weighted by molar-refractivity contribution is 6.30. The maximum atomic E-state index is 13.5. The molecule has 0 fully saturated rings. The predicted octanol–water partition coefficient (Wildman–Crippen LogP) is 4.04. The normalized spacial score (nSPS) is 10.4. The van der Waals surface area contributed by atoms with E-state index >= 15 is 0 Å². The smallest absolute Gasteiger partial charge is 0.170 e. The fraction of sp³-hybridized carbons (Fsp3) is 0.0714. The monoisotopic (exact) mass is 266 g/mol. The zero-order chi connectivity index (χ0) is 13.1. The third kappa shape index (κ3) is 2.74. The van der Waals surface area contributed by atoms with E-state index in [4.69, 9.17) is 11.6 Å². The van der Waals surface area contributed by atoms with Crippen LogP contribution in [0.3, 0.4) is 0 Å². The highest BCUT2D eigenvalue weighted by Crippen LogP contribution is 2.17. The number of carbonyl (C=O) groups excluding carboxylic acids is 1. The Labute approximate surface area is 108 Å². The van der Waals surface area contributed by atoms with Crippen molar-refractivity contribution >= 4 is 17.4 Å². The van der Waals surface area contributed by atoms with Crippen LogP contribution in [0.2, 0.25) is 5.02 Å². The van der Waals surface area contributed by atoms with Crippen LogP contribution in [-0.4, -0.2) is 5.78 Å². The standard InChI is InChI=1S/C14H9ClF2O/c15-10-6-5-9(13(17)8-10)7-14(18)11-3-1-2-4-12(11)16/h1-6,8H,7H2. The SMILES string of the molecule is O=C(Cc1ccc(Cl)cc1F)c1ccccc1F. The van der Waals surface area contributed by atoms with Gasteiger partial charge in [-0.15, -0.1) is 0 Å². The van der Waals surface area contributed by atoms with Crippen LogP contribution in [0, 0.1) is 11.6 Å². The molecule has 4 heteroatoms. The van der Waals surface area contributed by atoms with Gasteiger partial charge in [0.2, 0.25) is 0 Å². The third-order valence-corrected chi connectivity index (χ3v) is 2.78. The summed E-state index contributed by atoms with van der Waals surface area (Å²) in [6.45, 7) is 0. The van der Waals surface area contributed by atoms with Gasteiger partial charge < -0.3 is 0 Å². The molecule has 0 spiro atoms. The first-order valence-electron chi connectivity index (χ1n) is 5.29. The van der Waals surface area contributed by atoms with Gasteiger partial charge in [-0.25, -0.2) is 8.78 Å². The van der Waals surface area contributed by atoms with Gasteiger partial charge in [-0.05, 0) is 29.8 Å². The fourth-order valence-corrected chi connectivity index (χ4v) is 1.78. The summed E-state index contributed by atoms with van der Waals surface area (Å²) in [5.41, 5.74) is 0.166. The van der Waals surface area contributed by atoms with E-state index in [1.54, 1.807) is 6.07 Å². The minimum Gasteiger partial charge on any atom is -0.294 e. The van der Waals surface area contributed by atoms with Crippen molar-refractivity contribution in [3.63, 3.8) is 0 Å². The maximum Gasteiger partial charge on any atom is 0.170 e. The second-order valence-corrected chi connectivity index (χ2v) is 4.25. The zero-order valence-electron chi connectivity index (χ0n) is 9.29. The van der Waals surface area contributed by atoms with E-state index in [0.717, 1.165) is 6.07 Å². The van der Waals surface area contributed by atoms with Crippen molar-refractivity contribution in [1.82, 2.24) is 0 Å². The summed E-state index contributed by atoms with van der Waals surface area (Å²) in [5, 5.41) is 0.259. The van der Waals surface area contributed by atoms with Gasteiger partial charge in [0.15, 0.2) is 5.78 Å². The summed E-state index contributed by atoms with van der Waals surface area (Å²) in [4.78, 5) is 11.8. The molecular formula is C14H9ClF2O. The van der Waals surface area contributed by atoms with Crippen LogP contribution in [0.15, 0.2) is 42.5 Å². The average Bonchev–Trinajstić information content (AvgIpc) is 2.33. The topological polar surface area (TPSA) is 17.1 Å². The van der Waals surface area contributed by atoms with Crippen LogP contribution in [0.1, 0.15) is 15.9 Å². The predicted molar refractivity (Wildman–Crippen MR) is 65.8 cm³/mol. The van der Waals surface area contributed by atoms with Crippen molar-refractivity contribution in [1.29, 1.82) is 0 Å². The molecule has 2 aromatic carbocycles. The van der Waals surface area contributed by atoms with E-state index in [2.05, 4.69) is 0 Å². The van der Waals surface area contributed by atoms with Crippen LogP contribution in [0.5, 0.6) is 0 Å². The third-order valence-electron chi connectivity index (χ3n) is 2.54. The van der Waals surface area contributed by atoms with Gasteiger partial charge in [-0.2, -0.15) is 0 Å². The summed E-state index contributed by atoms with van der Waals surface area (Å²) >= 11 is 5.61. The second-order valence-electron chi connectivity index (χ2n) is 3.82. The number of carbonyl (C=O) groups is 1. The van der Waals surface area contributed by atoms with Crippen molar-refractivity contribution in [3.8, 4) is 0 Å². The Hall–Kier alpha value is -1.74. The minimum atomic E-state index is -0.600. The highest BCUT2D eigenvalue weighted by atomic mass is 35.5. The van der Waals surface area contributed by atoms with Gasteiger partial charge in [0.05, 0.1) is 5.56 Å². The number of benzene rings is 2. The van der Waals surface area contributed by atoms with Gasteiger partial charge in [-0.1, -0.05) is 29.8 Å². The van der Waals surface area contributed by atoms with Gasteiger partial charge in [0.25, 0.3) is 0 Å². The Morgan fingerprint density at radius 3 is 2.44 bits per heavy atom. The molecule has 0 heterocycles. The Morgan fingerprint density at radius 2 is 1.78 bits per heavy atom. The van der Waals surface area contributed by atoms with Crippen LogP contribution >= 0.6 is 11.6 Å². The Balaban J connectivity index is 2.24. The fourth-order valence-electron chi connectivity index (χ4n) is 1.62. The lowest BCUT2D eigenvalue weighted by molar-refractivity contribution is 0.0988. The van der Waals surface area contributed by atoms with Gasteiger partial charge in [-0.3, -0.25) is 4.79 Å². The molecule has 0 aliphatic heterocycles. The summed E-state index contributed by atoms with van der Waals surface area (Å²) in [6, 6.07) is 9.69. The lowest BCUT2D eigenvalue weighted by Gasteiger charge is -2.04. The Morgan fingerprint density at radius 1 is 1.06 bits per heavy atom. The summed E-state index contributed by atoms with van der Waals surface area (Å²) in [5.74, 6) is -1.63. The summed E-state index contributed by atoms with van der Waals surface area (Å²) < 4.78 is 26.9. The molecule has 0 N–H and O–H groups in total. The maximum absolute atomic E-state index is 13.5. The first-order valence-corrected chi connectivity index (χ1v) is 5.67. The van der Waals surface area contributed by atoms with Gasteiger partial charge >= 0.3 is 0 Å².